The summed E-state index contributed by atoms with van der Waals surface area (Å²) >= 11 is 0. The number of benzene rings is 4. The number of hydrogen-bond acceptors (Lipinski definition) is 4. The fourth-order valence-corrected chi connectivity index (χ4v) is 3.88. The van der Waals surface area contributed by atoms with Crippen LogP contribution in [-0.4, -0.2) is 10.9 Å². The standard InChI is InChI=1S/C28H21NO3/c1-19(27(30)20-9-3-2-4-10-20)28(31)21-15-17-22(18-16-21)29-23-11-5-7-13-25(23)32-26-14-8-6-12-24(26)29/h2-18,30H,1H3. The van der Waals surface area contributed by atoms with Crippen molar-refractivity contribution in [3.05, 3.63) is 120 Å². The summed E-state index contributed by atoms with van der Waals surface area (Å²) in [5, 5.41) is 10.5. The fourth-order valence-electron chi connectivity index (χ4n) is 3.88. The molecule has 0 aromatic heterocycles. The molecular formula is C28H21NO3. The lowest BCUT2D eigenvalue weighted by Gasteiger charge is -2.32. The van der Waals surface area contributed by atoms with Crippen molar-refractivity contribution in [2.75, 3.05) is 4.90 Å². The molecule has 0 atom stereocenters. The van der Waals surface area contributed by atoms with E-state index in [9.17, 15) is 9.90 Å². The van der Waals surface area contributed by atoms with Crippen LogP contribution in [0, 0.1) is 0 Å². The third-order valence-electron chi connectivity index (χ3n) is 5.56. The molecule has 0 fully saturated rings. The topological polar surface area (TPSA) is 49.8 Å². The second kappa shape index (κ2) is 8.08. The summed E-state index contributed by atoms with van der Waals surface area (Å²) in [5.41, 5.74) is 4.23. The number of allylic oxidation sites excluding steroid dienone is 1. The van der Waals surface area contributed by atoms with Crippen molar-refractivity contribution in [1.29, 1.82) is 0 Å². The van der Waals surface area contributed by atoms with Crippen molar-refractivity contribution in [3.8, 4) is 11.5 Å². The molecule has 1 heterocycles. The summed E-state index contributed by atoms with van der Waals surface area (Å²) in [4.78, 5) is 15.1. The molecule has 0 radical (unpaired) electrons. The molecule has 4 aromatic rings. The Morgan fingerprint density at radius 3 is 1.81 bits per heavy atom. The molecule has 0 saturated carbocycles. The van der Waals surface area contributed by atoms with Crippen molar-refractivity contribution in [3.63, 3.8) is 0 Å². The fraction of sp³-hybridized carbons (Fsp3) is 0.0357. The van der Waals surface area contributed by atoms with Crippen molar-refractivity contribution < 1.29 is 14.6 Å². The number of ether oxygens (including phenoxy) is 1. The van der Waals surface area contributed by atoms with Crippen LogP contribution < -0.4 is 9.64 Å². The Kier molecular flexibility index (Phi) is 4.96. The molecule has 0 spiro atoms. The predicted molar refractivity (Wildman–Crippen MR) is 127 cm³/mol. The highest BCUT2D eigenvalue weighted by atomic mass is 16.5. The van der Waals surface area contributed by atoms with Gasteiger partial charge < -0.3 is 14.7 Å². The van der Waals surface area contributed by atoms with Gasteiger partial charge in [0.15, 0.2) is 17.3 Å². The van der Waals surface area contributed by atoms with Crippen LogP contribution in [0.15, 0.2) is 109 Å². The van der Waals surface area contributed by atoms with E-state index in [1.165, 1.54) is 0 Å². The first-order chi connectivity index (χ1) is 15.6. The maximum Gasteiger partial charge on any atom is 0.192 e. The van der Waals surface area contributed by atoms with Gasteiger partial charge in [-0.2, -0.15) is 0 Å². The zero-order chi connectivity index (χ0) is 22.1. The van der Waals surface area contributed by atoms with E-state index in [1.807, 2.05) is 78.9 Å². The minimum atomic E-state index is -0.208. The Labute approximate surface area is 186 Å². The number of rotatable bonds is 4. The molecular weight excluding hydrogens is 398 g/mol. The highest BCUT2D eigenvalue weighted by molar-refractivity contribution is 6.12. The number of hydrogen-bond donors (Lipinski definition) is 1. The van der Waals surface area contributed by atoms with Crippen LogP contribution in [0.4, 0.5) is 17.1 Å². The molecule has 4 nitrogen and oxygen atoms in total. The van der Waals surface area contributed by atoms with Crippen LogP contribution in [0.5, 0.6) is 11.5 Å². The van der Waals surface area contributed by atoms with E-state index >= 15 is 0 Å². The molecule has 5 rings (SSSR count). The second-order valence-electron chi connectivity index (χ2n) is 7.59. The monoisotopic (exact) mass is 419 g/mol. The van der Waals surface area contributed by atoms with Gasteiger partial charge in [0, 0.05) is 22.4 Å². The highest BCUT2D eigenvalue weighted by Gasteiger charge is 2.25. The number of aliphatic hydroxyl groups excluding tert-OH is 1. The van der Waals surface area contributed by atoms with Crippen LogP contribution >= 0.6 is 0 Å². The molecule has 0 saturated heterocycles. The third kappa shape index (κ3) is 3.42. The maximum atomic E-state index is 13.0. The SMILES string of the molecule is CC(C(=O)c1ccc(N2c3ccccc3Oc3ccccc32)cc1)=C(O)c1ccccc1. The number of ketones is 1. The molecule has 4 aromatic carbocycles. The lowest BCUT2D eigenvalue weighted by atomic mass is 10.00. The third-order valence-corrected chi connectivity index (χ3v) is 5.56. The molecule has 1 aliphatic rings. The average molecular weight is 419 g/mol. The first-order valence-electron chi connectivity index (χ1n) is 10.4. The van der Waals surface area contributed by atoms with E-state index in [0.29, 0.717) is 16.7 Å². The molecule has 156 valence electrons. The van der Waals surface area contributed by atoms with Gasteiger partial charge in [-0.05, 0) is 55.5 Å². The summed E-state index contributed by atoms with van der Waals surface area (Å²) < 4.78 is 6.06. The Balaban J connectivity index is 1.51. The van der Waals surface area contributed by atoms with Crippen molar-refractivity contribution in [2.45, 2.75) is 6.92 Å². The van der Waals surface area contributed by atoms with Gasteiger partial charge in [-0.1, -0.05) is 54.6 Å². The maximum absolute atomic E-state index is 13.0. The van der Waals surface area contributed by atoms with Gasteiger partial charge in [-0.3, -0.25) is 4.79 Å². The molecule has 4 heteroatoms. The number of anilines is 3. The quantitative estimate of drug-likeness (QED) is 0.187. The van der Waals surface area contributed by atoms with Crippen LogP contribution in [0.25, 0.3) is 5.76 Å². The Bertz CT molecular complexity index is 1280. The van der Waals surface area contributed by atoms with E-state index in [-0.39, 0.29) is 11.5 Å². The van der Waals surface area contributed by atoms with E-state index in [0.717, 1.165) is 28.6 Å². The Morgan fingerprint density at radius 2 is 1.22 bits per heavy atom. The minimum absolute atomic E-state index is 0.00397. The summed E-state index contributed by atoms with van der Waals surface area (Å²) in [5.74, 6) is 1.34. The van der Waals surface area contributed by atoms with Gasteiger partial charge in [-0.15, -0.1) is 0 Å². The molecule has 1 aliphatic heterocycles. The zero-order valence-electron chi connectivity index (χ0n) is 17.5. The molecule has 1 N–H and O–H groups in total. The van der Waals surface area contributed by atoms with Gasteiger partial charge in [-0.25, -0.2) is 0 Å². The number of para-hydroxylation sites is 4. The van der Waals surface area contributed by atoms with Crippen LogP contribution in [0.1, 0.15) is 22.8 Å². The number of nitrogens with zero attached hydrogens (tertiary/aromatic N) is 1. The van der Waals surface area contributed by atoms with Crippen LogP contribution in [0.3, 0.4) is 0 Å². The molecule has 0 amide bonds. The van der Waals surface area contributed by atoms with Crippen LogP contribution in [-0.2, 0) is 0 Å². The Hall–Kier alpha value is -4.31. The molecule has 32 heavy (non-hydrogen) atoms. The summed E-state index contributed by atoms with van der Waals surface area (Å²) in [7, 11) is 0. The number of fused-ring (bicyclic) bond motifs is 2. The van der Waals surface area contributed by atoms with Gasteiger partial charge in [0.05, 0.1) is 11.4 Å². The second-order valence-corrected chi connectivity index (χ2v) is 7.59. The molecule has 0 unspecified atom stereocenters. The first kappa shape index (κ1) is 19.6. The van der Waals surface area contributed by atoms with Gasteiger partial charge in [0.1, 0.15) is 5.76 Å². The van der Waals surface area contributed by atoms with E-state index in [4.69, 9.17) is 4.74 Å². The minimum Gasteiger partial charge on any atom is -0.507 e. The van der Waals surface area contributed by atoms with E-state index in [2.05, 4.69) is 4.90 Å². The predicted octanol–water partition coefficient (Wildman–Crippen LogP) is 7.43. The van der Waals surface area contributed by atoms with Crippen LogP contribution in [0.2, 0.25) is 0 Å². The lowest BCUT2D eigenvalue weighted by molar-refractivity contribution is 0.103. The molecule has 0 aliphatic carbocycles. The Morgan fingerprint density at radius 1 is 0.688 bits per heavy atom. The number of carbonyl (C=O) groups is 1. The number of carbonyl (C=O) groups excluding carboxylic acids is 1. The summed E-state index contributed by atoms with van der Waals surface area (Å²) in [6, 6.07) is 32.2. The van der Waals surface area contributed by atoms with Gasteiger partial charge >= 0.3 is 0 Å². The van der Waals surface area contributed by atoms with Crippen molar-refractivity contribution >= 4 is 28.6 Å². The lowest BCUT2D eigenvalue weighted by Crippen LogP contribution is -2.15. The van der Waals surface area contributed by atoms with E-state index in [1.54, 1.807) is 31.2 Å². The number of Topliss-reactive ketones (excluding diaryl/α,β-unsaturated/α-hetero) is 1. The largest absolute Gasteiger partial charge is 0.507 e. The normalized spacial score (nSPS) is 12.8. The smallest absolute Gasteiger partial charge is 0.192 e. The first-order valence-corrected chi connectivity index (χ1v) is 10.4. The highest BCUT2D eigenvalue weighted by Crippen LogP contribution is 2.49. The van der Waals surface area contributed by atoms with Gasteiger partial charge in [0.25, 0.3) is 0 Å². The van der Waals surface area contributed by atoms with Crippen molar-refractivity contribution in [1.82, 2.24) is 0 Å². The van der Waals surface area contributed by atoms with E-state index < -0.39 is 0 Å². The van der Waals surface area contributed by atoms with Gasteiger partial charge in [0.2, 0.25) is 0 Å². The number of aliphatic hydroxyl groups is 1. The van der Waals surface area contributed by atoms with Crippen molar-refractivity contribution in [2.24, 2.45) is 0 Å². The summed E-state index contributed by atoms with van der Waals surface area (Å²) in [6.07, 6.45) is 0. The molecule has 0 bridgehead atoms. The zero-order valence-corrected chi connectivity index (χ0v) is 17.5. The average Bonchev–Trinajstić information content (AvgIpc) is 2.86. The summed E-state index contributed by atoms with van der Waals surface area (Å²) in [6.45, 7) is 1.65.